The van der Waals surface area contributed by atoms with Crippen molar-refractivity contribution >= 4 is 11.8 Å². The summed E-state index contributed by atoms with van der Waals surface area (Å²) in [6, 6.07) is -0.652. The predicted octanol–water partition coefficient (Wildman–Crippen LogP) is -0.210. The summed E-state index contributed by atoms with van der Waals surface area (Å²) in [7, 11) is 1.38. The minimum atomic E-state index is -1.14. The summed E-state index contributed by atoms with van der Waals surface area (Å²) in [5.74, 6) is -0.693. The Morgan fingerprint density at radius 3 is 3.06 bits per heavy atom. The van der Waals surface area contributed by atoms with Crippen LogP contribution in [0.5, 0.6) is 0 Å². The standard InChI is InChI=1S/C8H10N4O5/c1-16-11-4-2-5(12(3-4)8(14)15)6-9-10-7(13)17-6/h5H,2-3H2,1H3,(H,10,13)(H,14,15)/b11-4+/t5-/m0/s1. The molecule has 1 fully saturated rings. The number of hydrogen-bond donors (Lipinski definition) is 2. The number of carboxylic acid groups (broad SMARTS) is 1. The van der Waals surface area contributed by atoms with Crippen molar-refractivity contribution in [3.63, 3.8) is 0 Å². The topological polar surface area (TPSA) is 121 Å². The molecular formula is C8H10N4O5. The van der Waals surface area contributed by atoms with Crippen molar-refractivity contribution in [2.75, 3.05) is 13.7 Å². The number of oxime groups is 1. The van der Waals surface area contributed by atoms with Gasteiger partial charge in [0, 0.05) is 6.42 Å². The van der Waals surface area contributed by atoms with Gasteiger partial charge in [-0.05, 0) is 0 Å². The molecule has 2 heterocycles. The van der Waals surface area contributed by atoms with Crippen molar-refractivity contribution < 1.29 is 19.2 Å². The van der Waals surface area contributed by atoms with Gasteiger partial charge in [-0.15, -0.1) is 5.10 Å². The molecule has 2 rings (SSSR count). The van der Waals surface area contributed by atoms with E-state index in [0.717, 1.165) is 4.90 Å². The number of amides is 1. The summed E-state index contributed by atoms with van der Waals surface area (Å²) < 4.78 is 4.75. The quantitative estimate of drug-likeness (QED) is 0.692. The summed E-state index contributed by atoms with van der Waals surface area (Å²) in [4.78, 5) is 27.5. The molecular weight excluding hydrogens is 232 g/mol. The van der Waals surface area contributed by atoms with Gasteiger partial charge in [-0.2, -0.15) is 0 Å². The number of nitrogens with one attached hydrogen (secondary N) is 1. The van der Waals surface area contributed by atoms with E-state index in [-0.39, 0.29) is 18.9 Å². The highest BCUT2D eigenvalue weighted by Crippen LogP contribution is 2.28. The van der Waals surface area contributed by atoms with Crippen LogP contribution >= 0.6 is 0 Å². The average molecular weight is 242 g/mol. The summed E-state index contributed by atoms with van der Waals surface area (Å²) in [5.41, 5.74) is 0.547. The fourth-order valence-electron chi connectivity index (χ4n) is 1.71. The van der Waals surface area contributed by atoms with Crippen LogP contribution < -0.4 is 5.76 Å². The zero-order valence-electron chi connectivity index (χ0n) is 8.91. The number of H-pyrrole nitrogens is 1. The zero-order chi connectivity index (χ0) is 12.4. The molecule has 1 aromatic heterocycles. The third kappa shape index (κ3) is 2.12. The molecule has 1 aliphatic rings. The van der Waals surface area contributed by atoms with E-state index in [4.69, 9.17) is 9.52 Å². The Balaban J connectivity index is 2.28. The van der Waals surface area contributed by atoms with Crippen LogP contribution in [0.3, 0.4) is 0 Å². The number of nitrogens with zero attached hydrogens (tertiary/aromatic N) is 3. The van der Waals surface area contributed by atoms with Gasteiger partial charge in [0.15, 0.2) is 0 Å². The Bertz CT molecular complexity index is 504. The molecule has 0 unspecified atom stereocenters. The Labute approximate surface area is 94.7 Å². The van der Waals surface area contributed by atoms with Crippen molar-refractivity contribution in [3.8, 4) is 0 Å². The van der Waals surface area contributed by atoms with Crippen LogP contribution in [0.25, 0.3) is 0 Å². The maximum absolute atomic E-state index is 11.0. The maximum Gasteiger partial charge on any atom is 0.434 e. The lowest BCUT2D eigenvalue weighted by molar-refractivity contribution is 0.134. The second-order valence-corrected chi connectivity index (χ2v) is 3.42. The molecule has 0 aromatic carbocycles. The molecule has 1 amide bonds. The van der Waals surface area contributed by atoms with E-state index >= 15 is 0 Å². The van der Waals surface area contributed by atoms with Gasteiger partial charge in [0.2, 0.25) is 5.89 Å². The van der Waals surface area contributed by atoms with Crippen LogP contribution in [0.15, 0.2) is 14.4 Å². The van der Waals surface area contributed by atoms with E-state index in [9.17, 15) is 9.59 Å². The number of aromatic nitrogens is 2. The Hall–Kier alpha value is -2.32. The summed E-state index contributed by atoms with van der Waals surface area (Å²) in [6.45, 7) is 0.102. The molecule has 92 valence electrons. The lowest BCUT2D eigenvalue weighted by Gasteiger charge is -2.16. The highest BCUT2D eigenvalue weighted by molar-refractivity contribution is 5.91. The molecule has 0 bridgehead atoms. The molecule has 17 heavy (non-hydrogen) atoms. The van der Waals surface area contributed by atoms with Crippen LogP contribution in [-0.2, 0) is 4.84 Å². The van der Waals surface area contributed by atoms with E-state index in [1.165, 1.54) is 7.11 Å². The van der Waals surface area contributed by atoms with Crippen molar-refractivity contribution in [2.45, 2.75) is 12.5 Å². The largest absolute Gasteiger partial charge is 0.465 e. The van der Waals surface area contributed by atoms with Gasteiger partial charge in [-0.3, -0.25) is 4.90 Å². The van der Waals surface area contributed by atoms with Gasteiger partial charge >= 0.3 is 11.8 Å². The molecule has 2 N–H and O–H groups in total. The summed E-state index contributed by atoms with van der Waals surface area (Å²) >= 11 is 0. The number of likely N-dealkylation sites (tertiary alicyclic amines) is 1. The maximum atomic E-state index is 11.0. The van der Waals surface area contributed by atoms with Crippen molar-refractivity contribution in [1.29, 1.82) is 0 Å². The lowest BCUT2D eigenvalue weighted by Crippen LogP contribution is -2.29. The fourth-order valence-corrected chi connectivity index (χ4v) is 1.71. The molecule has 9 heteroatoms. The first-order chi connectivity index (χ1) is 8.11. The molecule has 1 saturated heterocycles. The lowest BCUT2D eigenvalue weighted by atomic mass is 10.2. The van der Waals surface area contributed by atoms with Crippen LogP contribution in [0.1, 0.15) is 18.4 Å². The van der Waals surface area contributed by atoms with Crippen LogP contribution in [0, 0.1) is 0 Å². The number of hydrogen-bond acceptors (Lipinski definition) is 6. The SMILES string of the molecule is CO/N=C1\C[C@@H](c2n[nH]c(=O)o2)N(C(=O)O)C1. The van der Waals surface area contributed by atoms with Gasteiger partial charge in [0.1, 0.15) is 13.2 Å². The van der Waals surface area contributed by atoms with Crippen molar-refractivity contribution in [1.82, 2.24) is 15.1 Å². The monoisotopic (exact) mass is 242 g/mol. The van der Waals surface area contributed by atoms with Gasteiger partial charge in [-0.25, -0.2) is 14.7 Å². The minimum absolute atomic E-state index is 0.0266. The van der Waals surface area contributed by atoms with E-state index < -0.39 is 17.9 Å². The second-order valence-electron chi connectivity index (χ2n) is 3.42. The first-order valence-corrected chi connectivity index (χ1v) is 4.75. The number of rotatable bonds is 2. The second kappa shape index (κ2) is 4.28. The first kappa shape index (κ1) is 11.2. The van der Waals surface area contributed by atoms with Crippen molar-refractivity contribution in [3.05, 3.63) is 16.4 Å². The molecule has 1 aliphatic heterocycles. The first-order valence-electron chi connectivity index (χ1n) is 4.75. The van der Waals surface area contributed by atoms with Gasteiger partial charge in [-0.1, -0.05) is 5.16 Å². The van der Waals surface area contributed by atoms with Crippen LogP contribution in [0.4, 0.5) is 4.79 Å². The number of aromatic amines is 1. The third-order valence-corrected chi connectivity index (χ3v) is 2.36. The molecule has 0 radical (unpaired) electrons. The Morgan fingerprint density at radius 2 is 2.53 bits per heavy atom. The van der Waals surface area contributed by atoms with E-state index in [1.807, 2.05) is 0 Å². The normalized spacial score (nSPS) is 22.1. The van der Waals surface area contributed by atoms with Gasteiger partial charge in [0.05, 0.1) is 12.3 Å². The van der Waals surface area contributed by atoms with Crippen molar-refractivity contribution in [2.24, 2.45) is 5.16 Å². The smallest absolute Gasteiger partial charge is 0.434 e. The fraction of sp³-hybridized carbons (Fsp3) is 0.500. The van der Waals surface area contributed by atoms with E-state index in [2.05, 4.69) is 20.2 Å². The number of carbonyl (C=O) groups is 1. The summed E-state index contributed by atoms with van der Waals surface area (Å²) in [5, 5.41) is 18.4. The van der Waals surface area contributed by atoms with Crippen LogP contribution in [0.2, 0.25) is 0 Å². The van der Waals surface area contributed by atoms with E-state index in [1.54, 1.807) is 0 Å². The van der Waals surface area contributed by atoms with Gasteiger partial charge < -0.3 is 14.4 Å². The third-order valence-electron chi connectivity index (χ3n) is 2.36. The van der Waals surface area contributed by atoms with E-state index in [0.29, 0.717) is 5.71 Å². The molecule has 1 atom stereocenters. The Morgan fingerprint density at radius 1 is 1.76 bits per heavy atom. The molecule has 0 spiro atoms. The predicted molar refractivity (Wildman–Crippen MR) is 53.7 cm³/mol. The minimum Gasteiger partial charge on any atom is -0.465 e. The molecule has 0 saturated carbocycles. The van der Waals surface area contributed by atoms with Crippen LogP contribution in [-0.4, -0.2) is 45.7 Å². The highest BCUT2D eigenvalue weighted by Gasteiger charge is 2.37. The molecule has 9 nitrogen and oxygen atoms in total. The zero-order valence-corrected chi connectivity index (χ0v) is 8.91. The highest BCUT2D eigenvalue weighted by atomic mass is 16.6. The average Bonchev–Trinajstić information content (AvgIpc) is 2.84. The Kier molecular flexibility index (Phi) is 2.81. The molecule has 0 aliphatic carbocycles. The summed E-state index contributed by atoms with van der Waals surface area (Å²) in [6.07, 6.45) is -0.851. The molecule has 1 aromatic rings. The van der Waals surface area contributed by atoms with Gasteiger partial charge in [0.25, 0.3) is 0 Å².